The number of halogens is 2. The molecule has 5 heteroatoms. The van der Waals surface area contributed by atoms with Gasteiger partial charge in [-0.1, -0.05) is 30.1 Å². The summed E-state index contributed by atoms with van der Waals surface area (Å²) in [4.78, 5) is 1.17. The van der Waals surface area contributed by atoms with Crippen LogP contribution in [0.4, 0.5) is 0 Å². The van der Waals surface area contributed by atoms with E-state index in [9.17, 15) is 0 Å². The van der Waals surface area contributed by atoms with Gasteiger partial charge in [0.2, 0.25) is 0 Å². The van der Waals surface area contributed by atoms with Gasteiger partial charge in [-0.25, -0.2) is 0 Å². The molecular weight excluding hydrogens is 313 g/mol. The molecule has 1 heterocycles. The van der Waals surface area contributed by atoms with E-state index in [0.717, 1.165) is 38.4 Å². The Labute approximate surface area is 135 Å². The third-order valence-corrected chi connectivity index (χ3v) is 5.36. The Kier molecular flexibility index (Phi) is 6.99. The summed E-state index contributed by atoms with van der Waals surface area (Å²) in [5.41, 5.74) is 0. The highest BCUT2D eigenvalue weighted by Crippen LogP contribution is 2.29. The lowest BCUT2D eigenvalue weighted by Gasteiger charge is -2.23. The van der Waals surface area contributed by atoms with Crippen molar-refractivity contribution < 1.29 is 4.74 Å². The van der Waals surface area contributed by atoms with Gasteiger partial charge < -0.3 is 10.1 Å². The molecule has 1 N–H and O–H groups in total. The van der Waals surface area contributed by atoms with E-state index in [1.54, 1.807) is 0 Å². The zero-order valence-corrected chi connectivity index (χ0v) is 14.0. The Hall–Kier alpha value is 0.0700. The molecule has 1 aliphatic heterocycles. The molecule has 1 saturated heterocycles. The average molecular weight is 334 g/mol. The molecule has 1 fully saturated rings. The van der Waals surface area contributed by atoms with E-state index in [1.807, 2.05) is 30.0 Å². The summed E-state index contributed by atoms with van der Waals surface area (Å²) < 4.78 is 5.52. The van der Waals surface area contributed by atoms with Crippen LogP contribution in [0.3, 0.4) is 0 Å². The third-order valence-electron chi connectivity index (χ3n) is 3.51. The summed E-state index contributed by atoms with van der Waals surface area (Å²) in [5.74, 6) is 1.66. The standard InChI is InChI=1S/C15H21Cl2NOS/c1-2-6-18-15(11-5-7-19-9-11)10-20-12-3-4-13(16)14(17)8-12/h3-4,8,11,15,18H,2,5-7,9-10H2,1H3. The third kappa shape index (κ3) is 4.81. The maximum atomic E-state index is 6.06. The summed E-state index contributed by atoms with van der Waals surface area (Å²) >= 11 is 13.8. The molecule has 1 aromatic carbocycles. The minimum Gasteiger partial charge on any atom is -0.381 e. The minimum absolute atomic E-state index is 0.497. The molecule has 2 nitrogen and oxygen atoms in total. The number of hydrogen-bond acceptors (Lipinski definition) is 3. The van der Waals surface area contributed by atoms with Gasteiger partial charge in [-0.2, -0.15) is 0 Å². The van der Waals surface area contributed by atoms with Crippen LogP contribution in [0.2, 0.25) is 10.0 Å². The highest BCUT2D eigenvalue weighted by Gasteiger charge is 2.25. The van der Waals surface area contributed by atoms with Gasteiger partial charge in [-0.15, -0.1) is 11.8 Å². The SMILES string of the molecule is CCCNC(CSc1ccc(Cl)c(Cl)c1)C1CCOC1. The average Bonchev–Trinajstić information content (AvgIpc) is 2.97. The Bertz CT molecular complexity index is 424. The van der Waals surface area contributed by atoms with Crippen molar-refractivity contribution in [1.29, 1.82) is 0 Å². The van der Waals surface area contributed by atoms with Crippen LogP contribution in [0.1, 0.15) is 19.8 Å². The van der Waals surface area contributed by atoms with E-state index in [0.29, 0.717) is 22.0 Å². The van der Waals surface area contributed by atoms with Gasteiger partial charge >= 0.3 is 0 Å². The molecule has 0 amide bonds. The minimum atomic E-state index is 0.497. The molecule has 2 atom stereocenters. The van der Waals surface area contributed by atoms with E-state index in [-0.39, 0.29) is 0 Å². The van der Waals surface area contributed by atoms with Crippen molar-refractivity contribution in [2.24, 2.45) is 5.92 Å². The van der Waals surface area contributed by atoms with Gasteiger partial charge in [0.15, 0.2) is 0 Å². The van der Waals surface area contributed by atoms with Crippen LogP contribution in [0.15, 0.2) is 23.1 Å². The van der Waals surface area contributed by atoms with Crippen LogP contribution in [0, 0.1) is 5.92 Å². The maximum Gasteiger partial charge on any atom is 0.0603 e. The summed E-state index contributed by atoms with van der Waals surface area (Å²) in [6.45, 7) is 5.03. The number of thioether (sulfide) groups is 1. The molecule has 112 valence electrons. The number of rotatable bonds is 7. The monoisotopic (exact) mass is 333 g/mol. The molecular formula is C15H21Cl2NOS. The number of hydrogen-bond donors (Lipinski definition) is 1. The van der Waals surface area contributed by atoms with E-state index < -0.39 is 0 Å². The highest BCUT2D eigenvalue weighted by molar-refractivity contribution is 7.99. The van der Waals surface area contributed by atoms with E-state index in [1.165, 1.54) is 4.90 Å². The van der Waals surface area contributed by atoms with Crippen LogP contribution in [0.5, 0.6) is 0 Å². The van der Waals surface area contributed by atoms with Gasteiger partial charge in [0.05, 0.1) is 16.7 Å². The van der Waals surface area contributed by atoms with Crippen molar-refractivity contribution in [2.75, 3.05) is 25.5 Å². The second-order valence-corrected chi connectivity index (χ2v) is 6.98. The predicted molar refractivity (Wildman–Crippen MR) is 88.2 cm³/mol. The normalized spacial score (nSPS) is 20.2. The Balaban J connectivity index is 1.91. The quantitative estimate of drug-likeness (QED) is 0.743. The molecule has 0 spiro atoms. The van der Waals surface area contributed by atoms with Gasteiger partial charge in [-0.05, 0) is 37.6 Å². The lowest BCUT2D eigenvalue weighted by molar-refractivity contribution is 0.179. The first kappa shape index (κ1) is 16.4. The van der Waals surface area contributed by atoms with Gasteiger partial charge in [0.1, 0.15) is 0 Å². The lowest BCUT2D eigenvalue weighted by atomic mass is 10.0. The first-order chi connectivity index (χ1) is 9.70. The molecule has 0 bridgehead atoms. The predicted octanol–water partition coefficient (Wildman–Crippen LogP) is 4.49. The van der Waals surface area contributed by atoms with Crippen LogP contribution in [0.25, 0.3) is 0 Å². The Morgan fingerprint density at radius 3 is 2.90 bits per heavy atom. The van der Waals surface area contributed by atoms with Crippen molar-refractivity contribution in [3.05, 3.63) is 28.2 Å². The van der Waals surface area contributed by atoms with Crippen molar-refractivity contribution in [3.63, 3.8) is 0 Å². The number of benzene rings is 1. The van der Waals surface area contributed by atoms with Gasteiger partial charge in [0.25, 0.3) is 0 Å². The summed E-state index contributed by atoms with van der Waals surface area (Å²) in [7, 11) is 0. The fourth-order valence-electron chi connectivity index (χ4n) is 2.31. The van der Waals surface area contributed by atoms with Gasteiger partial charge in [-0.3, -0.25) is 0 Å². The Morgan fingerprint density at radius 2 is 2.25 bits per heavy atom. The smallest absolute Gasteiger partial charge is 0.0603 e. The van der Waals surface area contributed by atoms with Crippen LogP contribution >= 0.6 is 35.0 Å². The molecule has 0 saturated carbocycles. The number of nitrogens with one attached hydrogen (secondary N) is 1. The van der Waals surface area contributed by atoms with Crippen molar-refractivity contribution in [2.45, 2.75) is 30.7 Å². The summed E-state index contributed by atoms with van der Waals surface area (Å²) in [6.07, 6.45) is 2.31. The molecule has 1 aliphatic rings. The van der Waals surface area contributed by atoms with E-state index in [2.05, 4.69) is 12.2 Å². The molecule has 1 aromatic rings. The summed E-state index contributed by atoms with van der Waals surface area (Å²) in [6, 6.07) is 6.33. The molecule has 20 heavy (non-hydrogen) atoms. The zero-order chi connectivity index (χ0) is 14.4. The largest absolute Gasteiger partial charge is 0.381 e. The topological polar surface area (TPSA) is 21.3 Å². The Morgan fingerprint density at radius 1 is 1.40 bits per heavy atom. The maximum absolute atomic E-state index is 6.06. The molecule has 0 aliphatic carbocycles. The van der Waals surface area contributed by atoms with Crippen molar-refractivity contribution >= 4 is 35.0 Å². The van der Waals surface area contributed by atoms with Crippen LogP contribution in [-0.2, 0) is 4.74 Å². The highest BCUT2D eigenvalue weighted by atomic mass is 35.5. The molecule has 0 aromatic heterocycles. The van der Waals surface area contributed by atoms with Crippen molar-refractivity contribution in [1.82, 2.24) is 5.32 Å². The second kappa shape index (κ2) is 8.50. The first-order valence-electron chi connectivity index (χ1n) is 7.09. The second-order valence-electron chi connectivity index (χ2n) is 5.07. The van der Waals surface area contributed by atoms with Crippen molar-refractivity contribution in [3.8, 4) is 0 Å². The molecule has 0 radical (unpaired) electrons. The molecule has 2 unspecified atom stereocenters. The fraction of sp³-hybridized carbons (Fsp3) is 0.600. The number of ether oxygens (including phenoxy) is 1. The lowest BCUT2D eigenvalue weighted by Crippen LogP contribution is -2.39. The van der Waals surface area contributed by atoms with Crippen LogP contribution in [-0.4, -0.2) is 31.6 Å². The fourth-order valence-corrected chi connectivity index (χ4v) is 3.80. The molecule has 2 rings (SSSR count). The summed E-state index contributed by atoms with van der Waals surface area (Å²) in [5, 5.41) is 4.88. The first-order valence-corrected chi connectivity index (χ1v) is 8.84. The zero-order valence-electron chi connectivity index (χ0n) is 11.7. The van der Waals surface area contributed by atoms with E-state index in [4.69, 9.17) is 27.9 Å². The van der Waals surface area contributed by atoms with Gasteiger partial charge in [0, 0.05) is 29.2 Å². The van der Waals surface area contributed by atoms with E-state index >= 15 is 0 Å². The van der Waals surface area contributed by atoms with Crippen LogP contribution < -0.4 is 5.32 Å².